The molecule has 0 spiro atoms. The molecule has 0 saturated heterocycles. The smallest absolute Gasteiger partial charge is 0.254 e. The van der Waals surface area contributed by atoms with Crippen molar-refractivity contribution < 1.29 is 9.90 Å². The zero-order valence-electron chi connectivity index (χ0n) is 14.6. The van der Waals surface area contributed by atoms with E-state index < -0.39 is 0 Å². The third-order valence-corrected chi connectivity index (χ3v) is 6.00. The molecule has 1 aromatic rings. The van der Waals surface area contributed by atoms with Gasteiger partial charge in [-0.15, -0.1) is 0 Å². The van der Waals surface area contributed by atoms with Gasteiger partial charge in [-0.05, 0) is 82.3 Å². The normalized spacial score (nSPS) is 29.8. The van der Waals surface area contributed by atoms with Crippen LogP contribution in [0.5, 0.6) is 5.75 Å². The van der Waals surface area contributed by atoms with Gasteiger partial charge < -0.3 is 14.9 Å². The van der Waals surface area contributed by atoms with E-state index in [0.717, 1.165) is 30.2 Å². The molecule has 0 aliphatic heterocycles. The number of benzene rings is 1. The summed E-state index contributed by atoms with van der Waals surface area (Å²) >= 11 is 0. The number of phenols is 1. The maximum atomic E-state index is 12.8. The number of hydrogen-bond donors (Lipinski definition) is 1. The van der Waals surface area contributed by atoms with E-state index in [1.807, 2.05) is 18.9 Å². The van der Waals surface area contributed by atoms with E-state index in [-0.39, 0.29) is 11.7 Å². The Labute approximate surface area is 139 Å². The van der Waals surface area contributed by atoms with Crippen LogP contribution in [0.15, 0.2) is 18.2 Å². The number of carbonyl (C=O) groups excluding carboxylic acids is 1. The summed E-state index contributed by atoms with van der Waals surface area (Å²) in [6, 6.07) is 6.06. The summed E-state index contributed by atoms with van der Waals surface area (Å²) in [7, 11) is 6.28. The number of nitrogens with zero attached hydrogens (tertiary/aromatic N) is 2. The van der Waals surface area contributed by atoms with E-state index in [0.29, 0.717) is 17.6 Å². The van der Waals surface area contributed by atoms with Gasteiger partial charge in [-0.1, -0.05) is 0 Å². The van der Waals surface area contributed by atoms with Crippen molar-refractivity contribution in [1.82, 2.24) is 9.80 Å². The van der Waals surface area contributed by atoms with Crippen LogP contribution in [0.2, 0.25) is 0 Å². The molecule has 4 atom stereocenters. The number of carbonyl (C=O) groups is 1. The van der Waals surface area contributed by atoms with Crippen LogP contribution in [0, 0.1) is 18.8 Å². The van der Waals surface area contributed by atoms with Gasteiger partial charge in [0.1, 0.15) is 5.75 Å². The molecular formula is C19H28N2O2. The predicted octanol–water partition coefficient (Wildman–Crippen LogP) is 2.89. The van der Waals surface area contributed by atoms with Crippen molar-refractivity contribution in [3.05, 3.63) is 29.3 Å². The van der Waals surface area contributed by atoms with Gasteiger partial charge in [-0.25, -0.2) is 0 Å². The molecule has 126 valence electrons. The quantitative estimate of drug-likeness (QED) is 0.932. The Morgan fingerprint density at radius 1 is 1.04 bits per heavy atom. The molecule has 1 aromatic carbocycles. The van der Waals surface area contributed by atoms with Crippen molar-refractivity contribution >= 4 is 5.91 Å². The van der Waals surface area contributed by atoms with Crippen molar-refractivity contribution in [1.29, 1.82) is 0 Å². The van der Waals surface area contributed by atoms with E-state index in [4.69, 9.17) is 0 Å². The first-order valence-corrected chi connectivity index (χ1v) is 8.60. The minimum absolute atomic E-state index is 0.0802. The fraction of sp³-hybridized carbons (Fsp3) is 0.632. The zero-order chi connectivity index (χ0) is 16.7. The topological polar surface area (TPSA) is 43.8 Å². The summed E-state index contributed by atoms with van der Waals surface area (Å²) < 4.78 is 0. The zero-order valence-corrected chi connectivity index (χ0v) is 14.6. The lowest BCUT2D eigenvalue weighted by Crippen LogP contribution is -2.36. The molecule has 3 rings (SSSR count). The second-order valence-electron chi connectivity index (χ2n) is 7.65. The molecule has 4 nitrogen and oxygen atoms in total. The highest BCUT2D eigenvalue weighted by atomic mass is 16.3. The Bertz CT molecular complexity index is 585. The standard InChI is InChI=1S/C19H28N2O2/c1-12-7-17(22)5-6-18(12)19(23)21(4)16-10-13-8-15(20(2)3)9-14(13)11-16/h5-7,13-16,22H,8-11H2,1-4H3/t13-,14+,15?,16?. The molecule has 0 heterocycles. The highest BCUT2D eigenvalue weighted by molar-refractivity contribution is 5.95. The van der Waals surface area contributed by atoms with Crippen LogP contribution < -0.4 is 0 Å². The van der Waals surface area contributed by atoms with Gasteiger partial charge in [0, 0.05) is 24.7 Å². The number of phenolic OH excluding ortho intramolecular Hbond substituents is 1. The minimum atomic E-state index is 0.0802. The van der Waals surface area contributed by atoms with Crippen LogP contribution >= 0.6 is 0 Å². The lowest BCUT2D eigenvalue weighted by atomic mass is 10.0. The van der Waals surface area contributed by atoms with Crippen LogP contribution in [-0.4, -0.2) is 54.0 Å². The molecule has 2 aliphatic carbocycles. The summed E-state index contributed by atoms with van der Waals surface area (Å²) in [5, 5.41) is 9.52. The first-order valence-electron chi connectivity index (χ1n) is 8.60. The van der Waals surface area contributed by atoms with Gasteiger partial charge in [0.05, 0.1) is 0 Å². The second kappa shape index (κ2) is 6.16. The Morgan fingerprint density at radius 2 is 1.61 bits per heavy atom. The molecule has 2 unspecified atom stereocenters. The van der Waals surface area contributed by atoms with Crippen LogP contribution in [0.25, 0.3) is 0 Å². The highest BCUT2D eigenvalue weighted by Crippen LogP contribution is 2.46. The van der Waals surface area contributed by atoms with Crippen molar-refractivity contribution in [2.45, 2.75) is 44.7 Å². The van der Waals surface area contributed by atoms with E-state index in [1.54, 1.807) is 18.2 Å². The summed E-state index contributed by atoms with van der Waals surface area (Å²) in [4.78, 5) is 17.1. The minimum Gasteiger partial charge on any atom is -0.508 e. The predicted molar refractivity (Wildman–Crippen MR) is 91.6 cm³/mol. The largest absolute Gasteiger partial charge is 0.508 e. The number of amides is 1. The lowest BCUT2D eigenvalue weighted by Gasteiger charge is -2.27. The Morgan fingerprint density at radius 3 is 2.13 bits per heavy atom. The average molecular weight is 316 g/mol. The van der Waals surface area contributed by atoms with Crippen LogP contribution in [0.4, 0.5) is 0 Å². The van der Waals surface area contributed by atoms with Gasteiger partial charge in [0.25, 0.3) is 5.91 Å². The van der Waals surface area contributed by atoms with Crippen LogP contribution in [0.3, 0.4) is 0 Å². The van der Waals surface area contributed by atoms with E-state index >= 15 is 0 Å². The van der Waals surface area contributed by atoms with E-state index in [1.165, 1.54) is 12.8 Å². The molecule has 1 amide bonds. The second-order valence-corrected chi connectivity index (χ2v) is 7.65. The fourth-order valence-electron chi connectivity index (χ4n) is 4.53. The monoisotopic (exact) mass is 316 g/mol. The van der Waals surface area contributed by atoms with Gasteiger partial charge in [0.2, 0.25) is 0 Å². The third kappa shape index (κ3) is 3.09. The first kappa shape index (κ1) is 16.3. The summed E-state index contributed by atoms with van der Waals surface area (Å²) in [5.74, 6) is 1.83. The van der Waals surface area contributed by atoms with Crippen molar-refractivity contribution in [3.8, 4) is 5.75 Å². The lowest BCUT2D eigenvalue weighted by molar-refractivity contribution is 0.0725. The molecule has 2 fully saturated rings. The van der Waals surface area contributed by atoms with Crippen molar-refractivity contribution in [2.24, 2.45) is 11.8 Å². The summed E-state index contributed by atoms with van der Waals surface area (Å²) in [5.41, 5.74) is 1.54. The van der Waals surface area contributed by atoms with E-state index in [9.17, 15) is 9.90 Å². The van der Waals surface area contributed by atoms with Gasteiger partial charge in [0.15, 0.2) is 0 Å². The molecule has 0 radical (unpaired) electrons. The SMILES string of the molecule is Cc1cc(O)ccc1C(=O)N(C)C1C[C@H]2CC(N(C)C)C[C@H]2C1. The molecule has 2 saturated carbocycles. The molecular weight excluding hydrogens is 288 g/mol. The maximum Gasteiger partial charge on any atom is 0.254 e. The van der Waals surface area contributed by atoms with Crippen molar-refractivity contribution in [3.63, 3.8) is 0 Å². The molecule has 2 aliphatic rings. The number of hydrogen-bond acceptors (Lipinski definition) is 3. The third-order valence-electron chi connectivity index (χ3n) is 6.00. The number of fused-ring (bicyclic) bond motifs is 1. The van der Waals surface area contributed by atoms with Gasteiger partial charge in [-0.2, -0.15) is 0 Å². The molecule has 0 aromatic heterocycles. The van der Waals surface area contributed by atoms with Crippen LogP contribution in [-0.2, 0) is 0 Å². The fourth-order valence-corrected chi connectivity index (χ4v) is 4.53. The van der Waals surface area contributed by atoms with Crippen LogP contribution in [0.1, 0.15) is 41.6 Å². The number of aromatic hydroxyl groups is 1. The Kier molecular flexibility index (Phi) is 4.37. The molecule has 23 heavy (non-hydrogen) atoms. The average Bonchev–Trinajstić information content (AvgIpc) is 3.04. The van der Waals surface area contributed by atoms with Crippen molar-refractivity contribution in [2.75, 3.05) is 21.1 Å². The maximum absolute atomic E-state index is 12.8. The number of rotatable bonds is 3. The molecule has 4 heteroatoms. The Balaban J connectivity index is 1.66. The molecule has 1 N–H and O–H groups in total. The summed E-state index contributed by atoms with van der Waals surface area (Å²) in [6.45, 7) is 1.88. The summed E-state index contributed by atoms with van der Waals surface area (Å²) in [6.07, 6.45) is 4.81. The van der Waals surface area contributed by atoms with Gasteiger partial charge >= 0.3 is 0 Å². The Hall–Kier alpha value is -1.55. The number of aryl methyl sites for hydroxylation is 1. The first-order chi connectivity index (χ1) is 10.9. The molecule has 0 bridgehead atoms. The van der Waals surface area contributed by atoms with Gasteiger partial charge in [-0.3, -0.25) is 4.79 Å². The van der Waals surface area contributed by atoms with E-state index in [2.05, 4.69) is 19.0 Å². The highest BCUT2D eigenvalue weighted by Gasteiger charge is 2.44.